The Labute approximate surface area is 41.1 Å². The van der Waals surface area contributed by atoms with Crippen molar-refractivity contribution in [3.05, 3.63) is 0 Å². The Morgan fingerprint density at radius 2 is 2.33 bits per heavy atom. The first-order chi connectivity index (χ1) is 3.00. The summed E-state index contributed by atoms with van der Waals surface area (Å²) in [5.41, 5.74) is 2.94. The highest BCUT2D eigenvalue weighted by atomic mass is 32.2. The molecule has 1 aliphatic heterocycles. The van der Waals surface area contributed by atoms with Crippen molar-refractivity contribution in [2.24, 2.45) is 0 Å². The highest BCUT2D eigenvalue weighted by Crippen LogP contribution is 1.82. The van der Waals surface area contributed by atoms with Crippen molar-refractivity contribution in [1.82, 2.24) is 15.0 Å². The van der Waals surface area contributed by atoms with Crippen LogP contribution in [-0.4, -0.2) is 13.1 Å². The van der Waals surface area contributed by atoms with E-state index in [9.17, 15) is 0 Å². The van der Waals surface area contributed by atoms with Gasteiger partial charge in [-0.15, -0.1) is 0 Å². The molecule has 0 aromatic rings. The van der Waals surface area contributed by atoms with E-state index in [0.29, 0.717) is 0 Å². The van der Waals surface area contributed by atoms with Gasteiger partial charge in [-0.3, -0.25) is 0 Å². The minimum atomic E-state index is 1.01. The second-order valence-electron chi connectivity index (χ2n) is 1.03. The van der Waals surface area contributed by atoms with E-state index >= 15 is 0 Å². The number of rotatable bonds is 0. The summed E-state index contributed by atoms with van der Waals surface area (Å²) >= 11 is 1.48. The fourth-order valence-corrected chi connectivity index (χ4v) is 0.738. The first-order valence-corrected chi connectivity index (χ1v) is 2.68. The highest BCUT2D eigenvalue weighted by molar-refractivity contribution is 7.95. The van der Waals surface area contributed by atoms with Gasteiger partial charge in [-0.25, -0.2) is 10.1 Å². The summed E-state index contributed by atoms with van der Waals surface area (Å²) in [4.78, 5) is 2.84. The smallest absolute Gasteiger partial charge is 0.0244 e. The van der Waals surface area contributed by atoms with Gasteiger partial charge in [0.2, 0.25) is 0 Å². The lowest BCUT2D eigenvalue weighted by atomic mass is 10.7. The SMILES string of the molecule is C1CNSNN1. The van der Waals surface area contributed by atoms with Crippen LogP contribution in [0.3, 0.4) is 0 Å². The van der Waals surface area contributed by atoms with Crippen molar-refractivity contribution >= 4 is 12.1 Å². The van der Waals surface area contributed by atoms with Crippen LogP contribution in [0, 0.1) is 0 Å². The Kier molecular flexibility index (Phi) is 1.76. The van der Waals surface area contributed by atoms with Crippen LogP contribution >= 0.6 is 12.1 Å². The van der Waals surface area contributed by atoms with Crippen LogP contribution in [0.1, 0.15) is 0 Å². The quantitative estimate of drug-likeness (QED) is 0.354. The van der Waals surface area contributed by atoms with E-state index in [2.05, 4.69) is 15.0 Å². The van der Waals surface area contributed by atoms with Crippen molar-refractivity contribution in [3.8, 4) is 0 Å². The second-order valence-corrected chi connectivity index (χ2v) is 1.72. The average molecular weight is 105 g/mol. The van der Waals surface area contributed by atoms with Crippen LogP contribution in [0.15, 0.2) is 0 Å². The predicted molar refractivity (Wildman–Crippen MR) is 26.7 cm³/mol. The molecule has 1 fully saturated rings. The van der Waals surface area contributed by atoms with E-state index in [4.69, 9.17) is 0 Å². The molecule has 0 saturated carbocycles. The van der Waals surface area contributed by atoms with E-state index < -0.39 is 0 Å². The zero-order valence-electron chi connectivity index (χ0n) is 3.32. The maximum atomic E-state index is 3.03. The molecule has 0 unspecified atom stereocenters. The van der Waals surface area contributed by atoms with Crippen molar-refractivity contribution in [3.63, 3.8) is 0 Å². The molecule has 0 aliphatic carbocycles. The molecule has 36 valence electrons. The summed E-state index contributed by atoms with van der Waals surface area (Å²) in [6.07, 6.45) is 0. The maximum absolute atomic E-state index is 3.03. The normalized spacial score (nSPS) is 24.0. The van der Waals surface area contributed by atoms with E-state index in [0.717, 1.165) is 13.1 Å². The molecule has 1 saturated heterocycles. The van der Waals surface area contributed by atoms with E-state index in [1.54, 1.807) is 0 Å². The van der Waals surface area contributed by atoms with Crippen molar-refractivity contribution < 1.29 is 0 Å². The number of nitrogens with one attached hydrogen (secondary N) is 3. The molecule has 0 aromatic heterocycles. The van der Waals surface area contributed by atoms with Crippen molar-refractivity contribution in [1.29, 1.82) is 0 Å². The van der Waals surface area contributed by atoms with Gasteiger partial charge in [-0.2, -0.15) is 4.83 Å². The Balaban J connectivity index is 2.00. The fraction of sp³-hybridized carbons (Fsp3) is 1.00. The zero-order valence-corrected chi connectivity index (χ0v) is 4.14. The third-order valence-corrected chi connectivity index (χ3v) is 1.14. The molecule has 0 radical (unpaired) electrons. The monoisotopic (exact) mass is 105 g/mol. The maximum Gasteiger partial charge on any atom is 0.0244 e. The van der Waals surface area contributed by atoms with Gasteiger partial charge in [-0.05, 0) is 0 Å². The summed E-state index contributed by atoms with van der Waals surface area (Å²) in [5.74, 6) is 0. The molecule has 0 amide bonds. The summed E-state index contributed by atoms with van der Waals surface area (Å²) in [5, 5.41) is 0. The molecule has 1 aliphatic rings. The largest absolute Gasteiger partial charge is 0.248 e. The average Bonchev–Trinajstić information content (AvgIpc) is 1.72. The minimum absolute atomic E-state index is 1.01. The number of hydrogen-bond donors (Lipinski definition) is 3. The third-order valence-electron chi connectivity index (χ3n) is 0.547. The Morgan fingerprint density at radius 1 is 1.33 bits per heavy atom. The summed E-state index contributed by atoms with van der Waals surface area (Å²) in [6, 6.07) is 0. The van der Waals surface area contributed by atoms with Crippen LogP contribution in [-0.2, 0) is 0 Å². The van der Waals surface area contributed by atoms with Crippen LogP contribution in [0.4, 0.5) is 0 Å². The summed E-state index contributed by atoms with van der Waals surface area (Å²) in [7, 11) is 0. The van der Waals surface area contributed by atoms with Gasteiger partial charge in [0.15, 0.2) is 0 Å². The Bertz CT molecular complexity index is 24.3. The Hall–Kier alpha value is 0.230. The molecule has 0 aromatic carbocycles. The van der Waals surface area contributed by atoms with Crippen LogP contribution in [0.25, 0.3) is 0 Å². The lowest BCUT2D eigenvalue weighted by Crippen LogP contribution is -2.39. The van der Waals surface area contributed by atoms with Gasteiger partial charge < -0.3 is 0 Å². The number of hydrogen-bond acceptors (Lipinski definition) is 4. The molecule has 1 heterocycles. The van der Waals surface area contributed by atoms with Crippen molar-refractivity contribution in [2.75, 3.05) is 13.1 Å². The standard InChI is InChI=1S/C2H7N3S/c1-2-4-6-5-3-1/h3-5H,1-2H2. The van der Waals surface area contributed by atoms with Crippen LogP contribution in [0.2, 0.25) is 0 Å². The van der Waals surface area contributed by atoms with Crippen molar-refractivity contribution in [2.45, 2.75) is 0 Å². The molecule has 4 heteroatoms. The molecule has 0 bridgehead atoms. The molecule has 6 heavy (non-hydrogen) atoms. The fourth-order valence-electron chi connectivity index (χ4n) is 0.288. The van der Waals surface area contributed by atoms with Crippen LogP contribution in [0.5, 0.6) is 0 Å². The van der Waals surface area contributed by atoms with Gasteiger partial charge in [-0.1, -0.05) is 0 Å². The van der Waals surface area contributed by atoms with Gasteiger partial charge in [0, 0.05) is 25.2 Å². The van der Waals surface area contributed by atoms with Gasteiger partial charge in [0.05, 0.1) is 0 Å². The van der Waals surface area contributed by atoms with Crippen LogP contribution < -0.4 is 15.0 Å². The lowest BCUT2D eigenvalue weighted by molar-refractivity contribution is 0.642. The third kappa shape index (κ3) is 1.14. The van der Waals surface area contributed by atoms with E-state index in [1.807, 2.05) is 0 Å². The van der Waals surface area contributed by atoms with E-state index in [-0.39, 0.29) is 0 Å². The molecule has 1 rings (SSSR count). The number of hydrazine groups is 1. The highest BCUT2D eigenvalue weighted by Gasteiger charge is 1.91. The second kappa shape index (κ2) is 2.41. The van der Waals surface area contributed by atoms with Gasteiger partial charge in [0.1, 0.15) is 0 Å². The molecule has 3 N–H and O–H groups in total. The summed E-state index contributed by atoms with van der Waals surface area (Å²) < 4.78 is 3.03. The molecular formula is C2H7N3S. The van der Waals surface area contributed by atoms with E-state index in [1.165, 1.54) is 12.1 Å². The molecule has 0 spiro atoms. The molecule has 0 atom stereocenters. The molecular weight excluding hydrogens is 98.1 g/mol. The topological polar surface area (TPSA) is 36.1 Å². The first-order valence-electron chi connectivity index (χ1n) is 1.87. The predicted octanol–water partition coefficient (Wildman–Crippen LogP) is -0.753. The zero-order chi connectivity index (χ0) is 4.24. The van der Waals surface area contributed by atoms with Gasteiger partial charge >= 0.3 is 0 Å². The Morgan fingerprint density at radius 3 is 2.50 bits per heavy atom. The van der Waals surface area contributed by atoms with Gasteiger partial charge in [0.25, 0.3) is 0 Å². The summed E-state index contributed by atoms with van der Waals surface area (Å²) in [6.45, 7) is 2.05. The minimum Gasteiger partial charge on any atom is -0.248 e. The lowest BCUT2D eigenvalue weighted by Gasteiger charge is -2.11. The first kappa shape index (κ1) is 4.39. The molecule has 3 nitrogen and oxygen atoms in total.